The number of fused-ring (bicyclic) bond motifs is 4. The molecule has 1 aromatic rings. The Hall–Kier alpha value is -2.44. The molecular weight excluding hydrogens is 396 g/mol. The van der Waals surface area contributed by atoms with Crippen LogP contribution in [0.5, 0.6) is 0 Å². The monoisotopic (exact) mass is 428 g/mol. The van der Waals surface area contributed by atoms with Crippen molar-refractivity contribution in [3.8, 4) is 11.8 Å². The highest BCUT2D eigenvalue weighted by atomic mass is 16.3. The molecule has 0 radical (unpaired) electrons. The molecule has 166 valence electrons. The van der Waals surface area contributed by atoms with Crippen molar-refractivity contribution in [3.05, 3.63) is 58.2 Å². The van der Waals surface area contributed by atoms with Gasteiger partial charge in [-0.3, -0.25) is 9.59 Å². The van der Waals surface area contributed by atoms with Crippen LogP contribution >= 0.6 is 0 Å². The molecule has 0 aromatic heterocycles. The highest BCUT2D eigenvalue weighted by molar-refractivity contribution is 5.94. The molecule has 2 unspecified atom stereocenters. The Morgan fingerprint density at radius 3 is 2.56 bits per heavy atom. The van der Waals surface area contributed by atoms with Gasteiger partial charge in [0.15, 0.2) is 11.6 Å². The number of hydrogen-bond donors (Lipinski definition) is 1. The van der Waals surface area contributed by atoms with Gasteiger partial charge in [-0.2, -0.15) is 0 Å². The van der Waals surface area contributed by atoms with E-state index in [4.69, 9.17) is 0 Å². The summed E-state index contributed by atoms with van der Waals surface area (Å²) in [5, 5.41) is 11.7. The zero-order valence-electron chi connectivity index (χ0n) is 19.3. The van der Waals surface area contributed by atoms with Crippen LogP contribution in [-0.2, 0) is 4.79 Å². The van der Waals surface area contributed by atoms with Crippen LogP contribution in [-0.4, -0.2) is 22.3 Å². The molecule has 4 aliphatic carbocycles. The molecule has 0 spiro atoms. The fourth-order valence-electron chi connectivity index (χ4n) is 7.33. The Bertz CT molecular complexity index is 1110. The number of ketones is 2. The average molecular weight is 429 g/mol. The lowest BCUT2D eigenvalue weighted by Crippen LogP contribution is -2.51. The molecule has 0 saturated heterocycles. The van der Waals surface area contributed by atoms with Crippen LogP contribution in [0.2, 0.25) is 0 Å². The Balaban J connectivity index is 1.68. The lowest BCUT2D eigenvalue weighted by molar-refractivity contribution is -0.114. The minimum Gasteiger partial charge on any atom is -0.377 e. The summed E-state index contributed by atoms with van der Waals surface area (Å²) in [5.74, 6) is 7.53. The first-order valence-corrected chi connectivity index (χ1v) is 12.0. The van der Waals surface area contributed by atoms with E-state index < -0.39 is 5.60 Å². The van der Waals surface area contributed by atoms with E-state index in [0.29, 0.717) is 18.3 Å². The van der Waals surface area contributed by atoms with Gasteiger partial charge in [-0.15, -0.1) is 5.92 Å². The van der Waals surface area contributed by atoms with Gasteiger partial charge in [0.1, 0.15) is 5.60 Å². The molecule has 2 fully saturated rings. The van der Waals surface area contributed by atoms with Crippen LogP contribution in [0.3, 0.4) is 0 Å². The molecule has 3 heteroatoms. The number of Topliss-reactive ketones (excluding diaryl/α,β-unsaturated/α-hetero) is 1. The predicted molar refractivity (Wildman–Crippen MR) is 125 cm³/mol. The van der Waals surface area contributed by atoms with Crippen molar-refractivity contribution in [2.75, 3.05) is 0 Å². The van der Waals surface area contributed by atoms with Gasteiger partial charge in [0, 0.05) is 23.3 Å². The van der Waals surface area contributed by atoms with Gasteiger partial charge in [-0.05, 0) is 87.0 Å². The largest absolute Gasteiger partial charge is 0.377 e. The summed E-state index contributed by atoms with van der Waals surface area (Å²) < 4.78 is 0. The Kier molecular flexibility index (Phi) is 5.06. The van der Waals surface area contributed by atoms with Crippen LogP contribution in [0.25, 0.3) is 0 Å². The fourth-order valence-corrected chi connectivity index (χ4v) is 7.33. The number of carbonyl (C=O) groups is 2. The second-order valence-corrected chi connectivity index (χ2v) is 10.4. The average Bonchev–Trinajstić information content (AvgIpc) is 3.03. The van der Waals surface area contributed by atoms with E-state index in [1.165, 1.54) is 22.3 Å². The van der Waals surface area contributed by atoms with Crippen molar-refractivity contribution in [1.82, 2.24) is 0 Å². The SMILES string of the molecule is CC#C[C@]1(O)CCC2C3CCC4=CC(=O)CCC4=C3[C@@H](c3ccc(C(C)=O)cc3)C[C@@]21C. The topological polar surface area (TPSA) is 54.4 Å². The third-order valence-corrected chi connectivity index (χ3v) is 8.94. The van der Waals surface area contributed by atoms with Gasteiger partial charge in [0.2, 0.25) is 0 Å². The highest BCUT2D eigenvalue weighted by Crippen LogP contribution is 2.66. The van der Waals surface area contributed by atoms with E-state index in [-0.39, 0.29) is 22.9 Å². The summed E-state index contributed by atoms with van der Waals surface area (Å²) >= 11 is 0. The first kappa shape index (κ1) is 21.4. The standard InChI is InChI=1S/C29H32O3/c1-4-14-29(32)15-13-26-24-11-9-21-16-22(31)10-12-23(21)27(24)25(17-28(26,29)3)20-7-5-19(6-8-20)18(2)30/h5-8,16,24-26,32H,9-13,15,17H2,1-3H3/t24?,25-,26?,28+,29+/m1/s1. The third kappa shape index (κ3) is 3.07. The second-order valence-electron chi connectivity index (χ2n) is 10.4. The van der Waals surface area contributed by atoms with Crippen molar-refractivity contribution in [3.63, 3.8) is 0 Å². The molecule has 1 aromatic carbocycles. The normalized spacial score (nSPS) is 35.8. The van der Waals surface area contributed by atoms with Crippen LogP contribution < -0.4 is 0 Å². The van der Waals surface area contributed by atoms with Gasteiger partial charge < -0.3 is 5.11 Å². The maximum atomic E-state index is 12.1. The number of hydrogen-bond acceptors (Lipinski definition) is 3. The Labute approximate surface area is 191 Å². The molecule has 5 rings (SSSR count). The van der Waals surface area contributed by atoms with Crippen molar-refractivity contribution in [2.45, 2.75) is 77.2 Å². The maximum absolute atomic E-state index is 12.1. The minimum atomic E-state index is -0.959. The summed E-state index contributed by atoms with van der Waals surface area (Å²) in [5.41, 5.74) is 4.84. The summed E-state index contributed by atoms with van der Waals surface area (Å²) in [6.45, 7) is 5.67. The van der Waals surface area contributed by atoms with Gasteiger partial charge in [0.25, 0.3) is 0 Å². The van der Waals surface area contributed by atoms with Gasteiger partial charge in [0.05, 0.1) is 0 Å². The highest BCUT2D eigenvalue weighted by Gasteiger charge is 2.62. The first-order chi connectivity index (χ1) is 15.3. The molecule has 2 saturated carbocycles. The number of aliphatic hydroxyl groups is 1. The zero-order chi connectivity index (χ0) is 22.7. The number of rotatable bonds is 2. The molecule has 5 atom stereocenters. The van der Waals surface area contributed by atoms with E-state index in [1.54, 1.807) is 6.92 Å². The van der Waals surface area contributed by atoms with Crippen LogP contribution in [0.15, 0.2) is 47.1 Å². The van der Waals surface area contributed by atoms with E-state index in [1.807, 2.05) is 25.1 Å². The van der Waals surface area contributed by atoms with Gasteiger partial charge >= 0.3 is 0 Å². The molecule has 4 aliphatic rings. The number of benzene rings is 1. The molecule has 1 N–H and O–H groups in total. The first-order valence-electron chi connectivity index (χ1n) is 12.0. The van der Waals surface area contributed by atoms with Crippen molar-refractivity contribution < 1.29 is 14.7 Å². The third-order valence-electron chi connectivity index (χ3n) is 8.94. The van der Waals surface area contributed by atoms with Crippen LogP contribution in [0, 0.1) is 29.1 Å². The molecule has 0 heterocycles. The predicted octanol–water partition coefficient (Wildman–Crippen LogP) is 5.54. The quantitative estimate of drug-likeness (QED) is 0.497. The number of allylic oxidation sites excluding steroid dienone is 4. The fraction of sp³-hybridized carbons (Fsp3) is 0.517. The minimum absolute atomic E-state index is 0.0733. The maximum Gasteiger partial charge on any atom is 0.159 e. The lowest BCUT2D eigenvalue weighted by Gasteiger charge is -2.53. The lowest BCUT2D eigenvalue weighted by atomic mass is 9.51. The summed E-state index contributed by atoms with van der Waals surface area (Å²) in [6, 6.07) is 8.06. The molecule has 0 bridgehead atoms. The van der Waals surface area contributed by atoms with Crippen molar-refractivity contribution in [2.24, 2.45) is 17.3 Å². The molecule has 32 heavy (non-hydrogen) atoms. The number of carbonyl (C=O) groups excluding carboxylic acids is 2. The van der Waals surface area contributed by atoms with Gasteiger partial charge in [-0.25, -0.2) is 0 Å². The molecule has 3 nitrogen and oxygen atoms in total. The van der Waals surface area contributed by atoms with Crippen molar-refractivity contribution >= 4 is 11.6 Å². The summed E-state index contributed by atoms with van der Waals surface area (Å²) in [6.07, 6.45) is 7.88. The smallest absolute Gasteiger partial charge is 0.159 e. The molecule has 0 aliphatic heterocycles. The zero-order valence-corrected chi connectivity index (χ0v) is 19.3. The summed E-state index contributed by atoms with van der Waals surface area (Å²) in [4.78, 5) is 24.0. The van der Waals surface area contributed by atoms with Crippen LogP contribution in [0.4, 0.5) is 0 Å². The van der Waals surface area contributed by atoms with Crippen molar-refractivity contribution in [1.29, 1.82) is 0 Å². The van der Waals surface area contributed by atoms with E-state index >= 15 is 0 Å². The Morgan fingerprint density at radius 2 is 1.88 bits per heavy atom. The molecular formula is C29H32O3. The molecule has 0 amide bonds. The van der Waals surface area contributed by atoms with Crippen LogP contribution in [0.1, 0.15) is 87.6 Å². The van der Waals surface area contributed by atoms with E-state index in [9.17, 15) is 14.7 Å². The Morgan fingerprint density at radius 1 is 1.12 bits per heavy atom. The van der Waals surface area contributed by atoms with Gasteiger partial charge in [-0.1, -0.05) is 42.7 Å². The van der Waals surface area contributed by atoms with E-state index in [2.05, 4.69) is 30.9 Å². The van der Waals surface area contributed by atoms with E-state index in [0.717, 1.165) is 44.1 Å². The summed E-state index contributed by atoms with van der Waals surface area (Å²) in [7, 11) is 0. The second kappa shape index (κ2) is 7.56.